The molecule has 2 heterocycles. The van der Waals surface area contributed by atoms with Crippen LogP contribution in [0.15, 0.2) is 65.5 Å². The summed E-state index contributed by atoms with van der Waals surface area (Å²) in [5, 5.41) is 3.47. The quantitative estimate of drug-likeness (QED) is 0.503. The van der Waals surface area contributed by atoms with Crippen LogP contribution in [0.2, 0.25) is 0 Å². The first kappa shape index (κ1) is 25.5. The number of methoxy groups -OCH3 is 1. The average Bonchev–Trinajstić information content (AvgIpc) is 3.25. The van der Waals surface area contributed by atoms with Gasteiger partial charge in [0.25, 0.3) is 5.91 Å². The van der Waals surface area contributed by atoms with E-state index in [1.165, 1.54) is 12.0 Å². The molecule has 1 aliphatic carbocycles. The van der Waals surface area contributed by atoms with E-state index in [9.17, 15) is 9.59 Å². The van der Waals surface area contributed by atoms with Crippen molar-refractivity contribution in [3.05, 3.63) is 82.4 Å². The fourth-order valence-electron chi connectivity index (χ4n) is 5.95. The molecule has 5 rings (SSSR count). The van der Waals surface area contributed by atoms with Gasteiger partial charge in [-0.15, -0.1) is 0 Å². The van der Waals surface area contributed by atoms with Crippen molar-refractivity contribution >= 4 is 5.91 Å². The Balaban J connectivity index is 1.62. The molecule has 7 nitrogen and oxygen atoms in total. The first-order chi connectivity index (χ1) is 18.2. The third kappa shape index (κ3) is 5.43. The van der Waals surface area contributed by atoms with Gasteiger partial charge in [0.05, 0.1) is 18.8 Å². The summed E-state index contributed by atoms with van der Waals surface area (Å²) >= 11 is 0. The maximum absolute atomic E-state index is 14.5. The molecule has 3 aromatic rings. The summed E-state index contributed by atoms with van der Waals surface area (Å²) in [5.41, 5.74) is 3.28. The van der Waals surface area contributed by atoms with E-state index < -0.39 is 0 Å². The molecule has 2 aliphatic rings. The number of aromatic nitrogens is 2. The van der Waals surface area contributed by atoms with Crippen LogP contribution in [0.5, 0.6) is 0 Å². The van der Waals surface area contributed by atoms with E-state index in [1.807, 2.05) is 58.0 Å². The second-order valence-electron chi connectivity index (χ2n) is 10.2. The number of nitrogens with one attached hydrogen (secondary N) is 1. The molecule has 37 heavy (non-hydrogen) atoms. The first-order valence-corrected chi connectivity index (χ1v) is 13.6. The summed E-state index contributed by atoms with van der Waals surface area (Å²) in [6.07, 6.45) is 6.11. The molecule has 196 valence electrons. The predicted octanol–water partition coefficient (Wildman–Crippen LogP) is 4.13. The smallest absolute Gasteiger partial charge is 0.329 e. The van der Waals surface area contributed by atoms with Crippen LogP contribution in [0, 0.1) is 0 Å². The van der Waals surface area contributed by atoms with Crippen LogP contribution in [0.4, 0.5) is 0 Å². The number of ether oxygens (including phenoxy) is 1. The second kappa shape index (κ2) is 11.9. The van der Waals surface area contributed by atoms with Crippen LogP contribution < -0.4 is 11.0 Å². The molecule has 2 aromatic carbocycles. The Morgan fingerprint density at radius 3 is 2.41 bits per heavy atom. The molecule has 1 atom stereocenters. The molecule has 1 amide bonds. The number of nitrogens with zero attached hydrogens (tertiary/aromatic N) is 3. The zero-order chi connectivity index (χ0) is 25.6. The van der Waals surface area contributed by atoms with Crippen molar-refractivity contribution in [2.75, 3.05) is 33.4 Å². The van der Waals surface area contributed by atoms with Crippen molar-refractivity contribution < 1.29 is 9.53 Å². The van der Waals surface area contributed by atoms with Gasteiger partial charge < -0.3 is 15.0 Å². The number of carbonyl (C=O) groups is 1. The van der Waals surface area contributed by atoms with E-state index in [0.717, 1.165) is 56.5 Å². The molecule has 2 fully saturated rings. The van der Waals surface area contributed by atoms with Gasteiger partial charge in [0.15, 0.2) is 0 Å². The minimum Gasteiger partial charge on any atom is -0.383 e. The highest BCUT2D eigenvalue weighted by Gasteiger charge is 2.35. The molecular formula is C30H38N4O3. The molecule has 1 aliphatic heterocycles. The number of benzene rings is 2. The number of piperazine rings is 1. The van der Waals surface area contributed by atoms with Gasteiger partial charge in [-0.05, 0) is 24.8 Å². The zero-order valence-corrected chi connectivity index (χ0v) is 21.8. The monoisotopic (exact) mass is 502 g/mol. The van der Waals surface area contributed by atoms with Gasteiger partial charge in [-0.25, -0.2) is 4.79 Å². The van der Waals surface area contributed by atoms with Crippen molar-refractivity contribution in [3.63, 3.8) is 0 Å². The summed E-state index contributed by atoms with van der Waals surface area (Å²) in [5.74, 6) is -0.0657. The molecule has 1 N–H and O–H groups in total. The van der Waals surface area contributed by atoms with Crippen LogP contribution >= 0.6 is 0 Å². The SMILES string of the molecule is COCCn1c(C(=O)N2CCNCC2Cc2ccccc2)c(-c2ccccc2)n(C2CCCCC2)c1=O. The van der Waals surface area contributed by atoms with Crippen LogP contribution in [0.1, 0.15) is 54.2 Å². The third-order valence-corrected chi connectivity index (χ3v) is 7.81. The Kier molecular flexibility index (Phi) is 8.21. The van der Waals surface area contributed by atoms with E-state index in [0.29, 0.717) is 25.4 Å². The lowest BCUT2D eigenvalue weighted by atomic mass is 9.94. The van der Waals surface area contributed by atoms with Gasteiger partial charge in [-0.2, -0.15) is 0 Å². The standard InChI is InChI=1S/C30H38N4O3/c1-37-20-19-33-28(29(35)32-18-17-31-22-26(32)21-23-11-5-2-6-12-23)27(24-13-7-3-8-14-24)34(30(33)36)25-15-9-4-10-16-25/h2-3,5-8,11-14,25-26,31H,4,9-10,15-22H2,1H3. The van der Waals surface area contributed by atoms with Crippen molar-refractivity contribution in [3.8, 4) is 11.3 Å². The lowest BCUT2D eigenvalue weighted by Crippen LogP contribution is -2.55. The number of imidazole rings is 1. The minimum absolute atomic E-state index is 0.0104. The summed E-state index contributed by atoms with van der Waals surface area (Å²) < 4.78 is 9.00. The summed E-state index contributed by atoms with van der Waals surface area (Å²) in [4.78, 5) is 30.5. The van der Waals surface area contributed by atoms with E-state index in [1.54, 1.807) is 11.7 Å². The van der Waals surface area contributed by atoms with Crippen molar-refractivity contribution in [2.45, 2.75) is 57.2 Å². The van der Waals surface area contributed by atoms with Crippen molar-refractivity contribution in [1.82, 2.24) is 19.4 Å². The molecule has 1 saturated carbocycles. The fourth-order valence-corrected chi connectivity index (χ4v) is 5.95. The Hall–Kier alpha value is -3.16. The Bertz CT molecular complexity index is 1230. The van der Waals surface area contributed by atoms with Gasteiger partial charge >= 0.3 is 5.69 Å². The summed E-state index contributed by atoms with van der Waals surface area (Å²) in [7, 11) is 1.63. The highest BCUT2D eigenvalue weighted by atomic mass is 16.5. The van der Waals surface area contributed by atoms with Crippen LogP contribution in [0.3, 0.4) is 0 Å². The lowest BCUT2D eigenvalue weighted by molar-refractivity contribution is 0.0623. The lowest BCUT2D eigenvalue weighted by Gasteiger charge is -2.36. The summed E-state index contributed by atoms with van der Waals surface area (Å²) in [6, 6.07) is 20.4. The molecule has 7 heteroatoms. The topological polar surface area (TPSA) is 68.5 Å². The fraction of sp³-hybridized carbons (Fsp3) is 0.467. The number of rotatable bonds is 8. The molecule has 1 unspecified atom stereocenters. The Labute approximate surface area is 219 Å². The molecule has 1 aromatic heterocycles. The second-order valence-corrected chi connectivity index (χ2v) is 10.2. The third-order valence-electron chi connectivity index (χ3n) is 7.81. The maximum atomic E-state index is 14.5. The predicted molar refractivity (Wildman–Crippen MR) is 146 cm³/mol. The maximum Gasteiger partial charge on any atom is 0.329 e. The van der Waals surface area contributed by atoms with E-state index in [4.69, 9.17) is 4.74 Å². The normalized spacial score (nSPS) is 18.7. The Morgan fingerprint density at radius 1 is 1.00 bits per heavy atom. The Morgan fingerprint density at radius 2 is 1.70 bits per heavy atom. The molecule has 0 radical (unpaired) electrons. The highest BCUT2D eigenvalue weighted by molar-refractivity contribution is 5.99. The van der Waals surface area contributed by atoms with Crippen molar-refractivity contribution in [1.29, 1.82) is 0 Å². The van der Waals surface area contributed by atoms with Gasteiger partial charge in [-0.1, -0.05) is 79.9 Å². The summed E-state index contributed by atoms with van der Waals surface area (Å²) in [6.45, 7) is 2.80. The molecular weight excluding hydrogens is 464 g/mol. The highest BCUT2D eigenvalue weighted by Crippen LogP contribution is 2.34. The van der Waals surface area contributed by atoms with Crippen molar-refractivity contribution in [2.24, 2.45) is 0 Å². The van der Waals surface area contributed by atoms with E-state index in [-0.39, 0.29) is 23.7 Å². The molecule has 1 saturated heterocycles. The van der Waals surface area contributed by atoms with E-state index >= 15 is 0 Å². The average molecular weight is 503 g/mol. The number of hydrogen-bond acceptors (Lipinski definition) is 4. The number of hydrogen-bond donors (Lipinski definition) is 1. The minimum atomic E-state index is -0.0964. The van der Waals surface area contributed by atoms with Crippen LogP contribution in [0.25, 0.3) is 11.3 Å². The van der Waals surface area contributed by atoms with Crippen LogP contribution in [-0.2, 0) is 17.7 Å². The van der Waals surface area contributed by atoms with Gasteiger partial charge in [0.1, 0.15) is 5.69 Å². The van der Waals surface area contributed by atoms with Gasteiger partial charge in [-0.3, -0.25) is 13.9 Å². The largest absolute Gasteiger partial charge is 0.383 e. The van der Waals surface area contributed by atoms with E-state index in [2.05, 4.69) is 17.4 Å². The molecule has 0 bridgehead atoms. The van der Waals surface area contributed by atoms with Crippen LogP contribution in [-0.4, -0.2) is 59.3 Å². The number of amides is 1. The molecule has 0 spiro atoms. The van der Waals surface area contributed by atoms with Gasteiger partial charge in [0, 0.05) is 44.4 Å². The zero-order valence-electron chi connectivity index (χ0n) is 21.8. The number of carbonyl (C=O) groups excluding carboxylic acids is 1. The van der Waals surface area contributed by atoms with Gasteiger partial charge in [0.2, 0.25) is 0 Å². The first-order valence-electron chi connectivity index (χ1n) is 13.6.